The van der Waals surface area contributed by atoms with E-state index in [1.807, 2.05) is 19.3 Å². The number of aromatic nitrogens is 3. The summed E-state index contributed by atoms with van der Waals surface area (Å²) in [6, 6.07) is 2.18. The minimum absolute atomic E-state index is 0.0566. The predicted molar refractivity (Wildman–Crippen MR) is 66.5 cm³/mol. The standard InChI is InChI=1S/C13H16N4/c1-3-16-13(12-9-14-4-5-17-12)11-6-10(2)7-15-8-11/h4-9,13,16H,3H2,1-2H3. The van der Waals surface area contributed by atoms with Gasteiger partial charge in [-0.15, -0.1) is 0 Å². The van der Waals surface area contributed by atoms with E-state index in [1.54, 1.807) is 18.6 Å². The quantitative estimate of drug-likeness (QED) is 0.868. The van der Waals surface area contributed by atoms with Gasteiger partial charge < -0.3 is 5.32 Å². The van der Waals surface area contributed by atoms with E-state index < -0.39 is 0 Å². The minimum atomic E-state index is 0.0566. The largest absolute Gasteiger partial charge is 0.305 e. The third kappa shape index (κ3) is 2.85. The number of aryl methyl sites for hydroxylation is 1. The molecule has 0 bridgehead atoms. The maximum absolute atomic E-state index is 4.35. The van der Waals surface area contributed by atoms with Crippen LogP contribution in [0.5, 0.6) is 0 Å². The normalized spacial score (nSPS) is 12.4. The van der Waals surface area contributed by atoms with Crippen molar-refractivity contribution in [1.82, 2.24) is 20.3 Å². The Morgan fingerprint density at radius 2 is 2.06 bits per heavy atom. The van der Waals surface area contributed by atoms with Gasteiger partial charge in [-0.2, -0.15) is 0 Å². The molecule has 4 nitrogen and oxygen atoms in total. The highest BCUT2D eigenvalue weighted by Gasteiger charge is 2.14. The smallest absolute Gasteiger partial charge is 0.0802 e. The van der Waals surface area contributed by atoms with Crippen molar-refractivity contribution in [2.45, 2.75) is 19.9 Å². The number of hydrogen-bond donors (Lipinski definition) is 1. The molecule has 2 heterocycles. The topological polar surface area (TPSA) is 50.7 Å². The molecule has 2 aromatic rings. The van der Waals surface area contributed by atoms with Gasteiger partial charge in [0.05, 0.1) is 17.9 Å². The van der Waals surface area contributed by atoms with E-state index >= 15 is 0 Å². The van der Waals surface area contributed by atoms with Crippen molar-refractivity contribution in [2.75, 3.05) is 6.54 Å². The highest BCUT2D eigenvalue weighted by molar-refractivity contribution is 5.26. The summed E-state index contributed by atoms with van der Waals surface area (Å²) in [5.74, 6) is 0. The molecule has 88 valence electrons. The van der Waals surface area contributed by atoms with E-state index in [9.17, 15) is 0 Å². The molecule has 17 heavy (non-hydrogen) atoms. The van der Waals surface area contributed by atoms with Crippen LogP contribution in [0.4, 0.5) is 0 Å². The number of nitrogens with one attached hydrogen (secondary N) is 1. The highest BCUT2D eigenvalue weighted by atomic mass is 14.9. The molecule has 0 aliphatic rings. The van der Waals surface area contributed by atoms with Gasteiger partial charge >= 0.3 is 0 Å². The first-order chi connectivity index (χ1) is 8.31. The number of nitrogens with zero attached hydrogens (tertiary/aromatic N) is 3. The average Bonchev–Trinajstić information content (AvgIpc) is 2.37. The van der Waals surface area contributed by atoms with Crippen LogP contribution in [0.1, 0.15) is 29.8 Å². The molecule has 0 aromatic carbocycles. The second-order valence-electron chi connectivity index (χ2n) is 3.92. The van der Waals surface area contributed by atoms with Crippen LogP contribution in [0.15, 0.2) is 37.1 Å². The average molecular weight is 228 g/mol. The van der Waals surface area contributed by atoms with Gasteiger partial charge in [-0.1, -0.05) is 13.0 Å². The Labute approximate surface area is 101 Å². The van der Waals surface area contributed by atoms with Gasteiger partial charge in [0.1, 0.15) is 0 Å². The van der Waals surface area contributed by atoms with E-state index in [0.717, 1.165) is 23.4 Å². The van der Waals surface area contributed by atoms with Crippen LogP contribution in [0.2, 0.25) is 0 Å². The first-order valence-electron chi connectivity index (χ1n) is 5.72. The van der Waals surface area contributed by atoms with E-state index in [0.29, 0.717) is 0 Å². The van der Waals surface area contributed by atoms with Crippen LogP contribution in [0.25, 0.3) is 0 Å². The summed E-state index contributed by atoms with van der Waals surface area (Å²) in [5, 5.41) is 3.40. The fourth-order valence-electron chi connectivity index (χ4n) is 1.79. The zero-order valence-corrected chi connectivity index (χ0v) is 10.1. The fraction of sp³-hybridized carbons (Fsp3) is 0.308. The maximum Gasteiger partial charge on any atom is 0.0802 e. The lowest BCUT2D eigenvalue weighted by atomic mass is 10.0. The van der Waals surface area contributed by atoms with Gasteiger partial charge in [0.25, 0.3) is 0 Å². The lowest BCUT2D eigenvalue weighted by molar-refractivity contribution is 0.610. The Morgan fingerprint density at radius 1 is 1.18 bits per heavy atom. The van der Waals surface area contributed by atoms with Gasteiger partial charge in [0.2, 0.25) is 0 Å². The summed E-state index contributed by atoms with van der Waals surface area (Å²) in [4.78, 5) is 12.7. The van der Waals surface area contributed by atoms with Crippen LogP contribution in [-0.2, 0) is 0 Å². The first kappa shape index (κ1) is 11.7. The van der Waals surface area contributed by atoms with E-state index in [2.05, 4.69) is 33.3 Å². The molecule has 1 unspecified atom stereocenters. The molecule has 0 aliphatic heterocycles. The van der Waals surface area contributed by atoms with Crippen molar-refractivity contribution in [1.29, 1.82) is 0 Å². The van der Waals surface area contributed by atoms with E-state index in [-0.39, 0.29) is 6.04 Å². The zero-order valence-electron chi connectivity index (χ0n) is 10.1. The van der Waals surface area contributed by atoms with Crippen LogP contribution in [0.3, 0.4) is 0 Å². The van der Waals surface area contributed by atoms with Crippen molar-refractivity contribution in [3.05, 3.63) is 53.9 Å². The Hall–Kier alpha value is -1.81. The molecular weight excluding hydrogens is 212 g/mol. The third-order valence-corrected chi connectivity index (χ3v) is 2.52. The van der Waals surface area contributed by atoms with Crippen molar-refractivity contribution in [3.63, 3.8) is 0 Å². The maximum atomic E-state index is 4.35. The molecule has 1 N–H and O–H groups in total. The monoisotopic (exact) mass is 228 g/mol. The summed E-state index contributed by atoms with van der Waals surface area (Å²) >= 11 is 0. The van der Waals surface area contributed by atoms with Crippen molar-refractivity contribution < 1.29 is 0 Å². The molecule has 2 rings (SSSR count). The van der Waals surface area contributed by atoms with Crippen LogP contribution >= 0.6 is 0 Å². The minimum Gasteiger partial charge on any atom is -0.305 e. The molecule has 0 spiro atoms. The van der Waals surface area contributed by atoms with Crippen molar-refractivity contribution in [3.8, 4) is 0 Å². The van der Waals surface area contributed by atoms with E-state index in [1.165, 1.54) is 0 Å². The van der Waals surface area contributed by atoms with Crippen LogP contribution in [-0.4, -0.2) is 21.5 Å². The highest BCUT2D eigenvalue weighted by Crippen LogP contribution is 2.19. The Bertz CT molecular complexity index is 470. The molecule has 1 atom stereocenters. The molecule has 0 aliphatic carbocycles. The van der Waals surface area contributed by atoms with Crippen LogP contribution in [0, 0.1) is 6.92 Å². The number of hydrogen-bond acceptors (Lipinski definition) is 4. The molecule has 2 aromatic heterocycles. The van der Waals surface area contributed by atoms with Gasteiger partial charge in [0.15, 0.2) is 0 Å². The Balaban J connectivity index is 2.35. The summed E-state index contributed by atoms with van der Waals surface area (Å²) in [5.41, 5.74) is 3.18. The Kier molecular flexibility index (Phi) is 3.77. The first-order valence-corrected chi connectivity index (χ1v) is 5.72. The third-order valence-electron chi connectivity index (χ3n) is 2.52. The predicted octanol–water partition coefficient (Wildman–Crippen LogP) is 1.88. The molecule has 0 fully saturated rings. The second kappa shape index (κ2) is 5.50. The number of rotatable bonds is 4. The van der Waals surface area contributed by atoms with Gasteiger partial charge in [0, 0.05) is 24.8 Å². The summed E-state index contributed by atoms with van der Waals surface area (Å²) in [6.07, 6.45) is 8.90. The molecule has 0 radical (unpaired) electrons. The van der Waals surface area contributed by atoms with Crippen molar-refractivity contribution >= 4 is 0 Å². The SMILES string of the molecule is CCNC(c1cncc(C)c1)c1cnccn1. The van der Waals surface area contributed by atoms with Gasteiger partial charge in [-0.3, -0.25) is 15.0 Å². The molecule has 0 amide bonds. The molecule has 0 saturated heterocycles. The lowest BCUT2D eigenvalue weighted by Crippen LogP contribution is -2.23. The summed E-state index contributed by atoms with van der Waals surface area (Å²) in [7, 11) is 0. The van der Waals surface area contributed by atoms with E-state index in [4.69, 9.17) is 0 Å². The zero-order chi connectivity index (χ0) is 12.1. The van der Waals surface area contributed by atoms with Crippen LogP contribution < -0.4 is 5.32 Å². The molecule has 4 heteroatoms. The number of pyridine rings is 1. The van der Waals surface area contributed by atoms with Gasteiger partial charge in [-0.25, -0.2) is 0 Å². The van der Waals surface area contributed by atoms with Crippen molar-refractivity contribution in [2.24, 2.45) is 0 Å². The molecular formula is C13H16N4. The second-order valence-corrected chi connectivity index (χ2v) is 3.92. The lowest BCUT2D eigenvalue weighted by Gasteiger charge is -2.17. The molecule has 0 saturated carbocycles. The Morgan fingerprint density at radius 3 is 2.71 bits per heavy atom. The van der Waals surface area contributed by atoms with Gasteiger partial charge in [-0.05, 0) is 24.6 Å². The summed E-state index contributed by atoms with van der Waals surface area (Å²) in [6.45, 7) is 4.98. The summed E-state index contributed by atoms with van der Waals surface area (Å²) < 4.78 is 0. The fourth-order valence-corrected chi connectivity index (χ4v) is 1.79.